The number of fused-ring (bicyclic) bond motifs is 1. The molecule has 1 aromatic rings. The first kappa shape index (κ1) is 34.3. The van der Waals surface area contributed by atoms with Crippen LogP contribution >= 0.6 is 22.6 Å². The van der Waals surface area contributed by atoms with Gasteiger partial charge in [0.1, 0.15) is 30.0 Å². The van der Waals surface area contributed by atoms with E-state index in [2.05, 4.69) is 27.9 Å². The van der Waals surface area contributed by atoms with Crippen LogP contribution in [0.3, 0.4) is 0 Å². The van der Waals surface area contributed by atoms with Crippen LogP contribution in [0.4, 0.5) is 0 Å². The summed E-state index contributed by atoms with van der Waals surface area (Å²) < 4.78 is 25.8. The van der Waals surface area contributed by atoms with Gasteiger partial charge in [0, 0.05) is 40.4 Å². The van der Waals surface area contributed by atoms with E-state index in [0.717, 1.165) is 29.3 Å². The topological polar surface area (TPSA) is 141 Å². The number of esters is 2. The van der Waals surface area contributed by atoms with E-state index in [9.17, 15) is 24.3 Å². The van der Waals surface area contributed by atoms with E-state index in [-0.39, 0.29) is 37.7 Å². The second-order valence-corrected chi connectivity index (χ2v) is 15.7. The van der Waals surface area contributed by atoms with Crippen LogP contribution in [-0.4, -0.2) is 88.7 Å². The van der Waals surface area contributed by atoms with Gasteiger partial charge in [0.2, 0.25) is 11.8 Å². The molecule has 2 amide bonds. The van der Waals surface area contributed by atoms with Crippen molar-refractivity contribution in [3.05, 3.63) is 45.0 Å². The fourth-order valence-corrected chi connectivity index (χ4v) is 7.37. The highest BCUT2D eigenvalue weighted by Gasteiger charge is 2.64. The molecular weight excluding hydrogens is 719 g/mol. The largest absolute Gasteiger partial charge is 0.460 e. The molecule has 0 aromatic heterocycles. The highest BCUT2D eigenvalue weighted by atomic mass is 127. The van der Waals surface area contributed by atoms with E-state index in [4.69, 9.17) is 18.9 Å². The molecule has 12 heteroatoms. The Hall–Kier alpha value is -2.55. The average molecular weight is 765 g/mol. The number of hydrogen-bond donors (Lipinski definition) is 2. The Bertz CT molecular complexity index is 1390. The van der Waals surface area contributed by atoms with E-state index in [1.54, 1.807) is 37.8 Å². The van der Waals surface area contributed by atoms with Crippen LogP contribution in [0, 0.1) is 15.4 Å². The summed E-state index contributed by atoms with van der Waals surface area (Å²) in [6.07, 6.45) is 5.59. The molecule has 0 spiro atoms. The van der Waals surface area contributed by atoms with Gasteiger partial charge >= 0.3 is 11.9 Å². The molecule has 0 radical (unpaired) electrons. The first-order valence-corrected chi connectivity index (χ1v) is 17.9. The van der Waals surface area contributed by atoms with Crippen LogP contribution < -0.4 is 5.32 Å². The van der Waals surface area contributed by atoms with E-state index < -0.39 is 53.7 Å². The molecule has 4 fully saturated rings. The van der Waals surface area contributed by atoms with E-state index in [0.29, 0.717) is 42.4 Å². The maximum atomic E-state index is 14.1. The predicted octanol–water partition coefficient (Wildman–Crippen LogP) is 4.04. The Morgan fingerprint density at radius 3 is 2.36 bits per heavy atom. The Balaban J connectivity index is 1.16. The standard InChI is InChI=1S/C35H45IN2O9/c1-34(2,3)46-29(40)15-14-25(19-39)37-31(41)26-5-4-16-38(26)32(42)21-17-27(44-33(43)20-6-12-24(36)13-7-20)30-28(18-21)45-35(47-30,22-8-9-22)23-10-11-23/h6-7,12-13,18,22-23,25-28,30,39H,4-5,8-11,14-17,19H2,1-3H3,(H,37,41). The Labute approximate surface area is 289 Å². The molecule has 11 nitrogen and oxygen atoms in total. The number of ether oxygens (including phenoxy) is 4. The molecular formula is C35H45IN2O9. The number of halogens is 1. The minimum atomic E-state index is -0.739. The third-order valence-electron chi connectivity index (χ3n) is 9.52. The van der Waals surface area contributed by atoms with Gasteiger partial charge in [-0.15, -0.1) is 0 Å². The second-order valence-electron chi connectivity index (χ2n) is 14.5. The molecule has 5 atom stereocenters. The number of carbonyl (C=O) groups is 4. The average Bonchev–Trinajstić information content (AvgIpc) is 3.97. The quantitative estimate of drug-likeness (QED) is 0.253. The summed E-state index contributed by atoms with van der Waals surface area (Å²) in [7, 11) is 0. The fourth-order valence-electron chi connectivity index (χ4n) is 7.01. The number of carbonyl (C=O) groups excluding carboxylic acids is 4. The normalized spacial score (nSPS) is 27.4. The number of nitrogens with zero attached hydrogens (tertiary/aromatic N) is 1. The van der Waals surface area contributed by atoms with E-state index in [1.807, 2.05) is 18.2 Å². The molecule has 2 saturated carbocycles. The van der Waals surface area contributed by atoms with Crippen molar-refractivity contribution in [2.75, 3.05) is 13.2 Å². The minimum absolute atomic E-state index is 0.0408. The summed E-state index contributed by atoms with van der Waals surface area (Å²) in [5.74, 6) is -1.70. The van der Waals surface area contributed by atoms with Crippen molar-refractivity contribution >= 4 is 46.3 Å². The number of nitrogens with one attached hydrogen (secondary N) is 1. The number of rotatable bonds is 11. The van der Waals surface area contributed by atoms with Gasteiger partial charge in [-0.1, -0.05) is 0 Å². The van der Waals surface area contributed by atoms with Crippen molar-refractivity contribution in [1.29, 1.82) is 0 Å². The molecule has 2 saturated heterocycles. The van der Waals surface area contributed by atoms with Crippen molar-refractivity contribution in [2.45, 2.75) is 120 Å². The second kappa shape index (κ2) is 13.8. The lowest BCUT2D eigenvalue weighted by molar-refractivity contribution is -0.209. The van der Waals surface area contributed by atoms with Crippen LogP contribution in [-0.2, 0) is 33.3 Å². The lowest BCUT2D eigenvalue weighted by Crippen LogP contribution is -2.51. The number of benzene rings is 1. The Morgan fingerprint density at radius 2 is 1.74 bits per heavy atom. The van der Waals surface area contributed by atoms with Crippen molar-refractivity contribution in [1.82, 2.24) is 10.2 Å². The number of amides is 2. The molecule has 6 rings (SSSR count). The maximum absolute atomic E-state index is 14.1. The van der Waals surface area contributed by atoms with Gasteiger partial charge in [-0.3, -0.25) is 14.4 Å². The Morgan fingerprint density at radius 1 is 1.06 bits per heavy atom. The van der Waals surface area contributed by atoms with Gasteiger partial charge in [-0.2, -0.15) is 0 Å². The first-order chi connectivity index (χ1) is 22.4. The van der Waals surface area contributed by atoms with Gasteiger partial charge < -0.3 is 34.3 Å². The van der Waals surface area contributed by atoms with Gasteiger partial charge in [-0.25, -0.2) is 4.79 Å². The van der Waals surface area contributed by atoms with E-state index >= 15 is 0 Å². The third-order valence-corrected chi connectivity index (χ3v) is 10.2. The van der Waals surface area contributed by atoms with Crippen LogP contribution in [0.2, 0.25) is 0 Å². The summed E-state index contributed by atoms with van der Waals surface area (Å²) in [4.78, 5) is 54.6. The molecule has 2 heterocycles. The zero-order chi connectivity index (χ0) is 33.5. The zero-order valence-electron chi connectivity index (χ0n) is 27.2. The third kappa shape index (κ3) is 7.86. The zero-order valence-corrected chi connectivity index (χ0v) is 29.4. The molecule has 2 aliphatic heterocycles. The maximum Gasteiger partial charge on any atom is 0.338 e. The summed E-state index contributed by atoms with van der Waals surface area (Å²) >= 11 is 2.18. The monoisotopic (exact) mass is 764 g/mol. The van der Waals surface area contributed by atoms with Crippen molar-refractivity contribution in [3.63, 3.8) is 0 Å². The highest BCUT2D eigenvalue weighted by Crippen LogP contribution is 2.59. The van der Waals surface area contributed by atoms with Crippen LogP contribution in [0.5, 0.6) is 0 Å². The fraction of sp³-hybridized carbons (Fsp3) is 0.657. The molecule has 47 heavy (non-hydrogen) atoms. The summed E-state index contributed by atoms with van der Waals surface area (Å²) in [5, 5.41) is 12.8. The summed E-state index contributed by atoms with van der Waals surface area (Å²) in [5.41, 5.74) is 0.222. The van der Waals surface area contributed by atoms with E-state index in [1.165, 1.54) is 0 Å². The van der Waals surface area contributed by atoms with Crippen molar-refractivity contribution in [3.8, 4) is 0 Å². The molecule has 1 aromatic carbocycles. The lowest BCUT2D eigenvalue weighted by Gasteiger charge is -2.33. The number of hydrogen-bond acceptors (Lipinski definition) is 9. The van der Waals surface area contributed by atoms with Crippen LogP contribution in [0.1, 0.15) is 88.9 Å². The summed E-state index contributed by atoms with van der Waals surface area (Å²) in [6, 6.07) is 5.73. The molecule has 5 unspecified atom stereocenters. The Kier molecular flexibility index (Phi) is 10.0. The van der Waals surface area contributed by atoms with Gasteiger partial charge in [0.05, 0.1) is 18.2 Å². The molecule has 5 aliphatic rings. The SMILES string of the molecule is CC(C)(C)OC(=O)CCC(CO)NC(=O)C1CCCN1C(=O)C1=CC2OC(C3CC3)(C3CC3)OC2C(OC(=O)c2ccc(I)cc2)C1. The smallest absolute Gasteiger partial charge is 0.338 e. The number of aliphatic hydroxyl groups is 1. The first-order valence-electron chi connectivity index (χ1n) is 16.8. The van der Waals surface area contributed by atoms with Gasteiger partial charge in [0.15, 0.2) is 5.79 Å². The van der Waals surface area contributed by atoms with Crippen molar-refractivity contribution < 1.29 is 43.2 Å². The molecule has 2 N–H and O–H groups in total. The van der Waals surface area contributed by atoms with Gasteiger partial charge in [0.25, 0.3) is 0 Å². The highest BCUT2D eigenvalue weighted by molar-refractivity contribution is 14.1. The predicted molar refractivity (Wildman–Crippen MR) is 178 cm³/mol. The van der Waals surface area contributed by atoms with Crippen LogP contribution in [0.25, 0.3) is 0 Å². The molecule has 256 valence electrons. The molecule has 3 aliphatic carbocycles. The number of likely N-dealkylation sites (tertiary alicyclic amines) is 1. The molecule has 0 bridgehead atoms. The van der Waals surface area contributed by atoms with Crippen LogP contribution in [0.15, 0.2) is 35.9 Å². The number of aliphatic hydroxyl groups excluding tert-OH is 1. The minimum Gasteiger partial charge on any atom is -0.460 e. The van der Waals surface area contributed by atoms with Crippen molar-refractivity contribution in [2.24, 2.45) is 11.8 Å². The summed E-state index contributed by atoms with van der Waals surface area (Å²) in [6.45, 7) is 5.38. The van der Waals surface area contributed by atoms with Gasteiger partial charge in [-0.05, 0) is 119 Å². The lowest BCUT2D eigenvalue weighted by atomic mass is 9.91.